The Hall–Kier alpha value is -0.160. The van der Waals surface area contributed by atoms with Gasteiger partial charge in [-0.2, -0.15) is 8.42 Å². The summed E-state index contributed by atoms with van der Waals surface area (Å²) < 4.78 is 39.7. The molecule has 1 aliphatic heterocycles. The van der Waals surface area contributed by atoms with E-state index in [1.54, 1.807) is 0 Å². The van der Waals surface area contributed by atoms with Crippen LogP contribution in [0.15, 0.2) is 0 Å². The van der Waals surface area contributed by atoms with Crippen molar-refractivity contribution >= 4 is 10.2 Å². The summed E-state index contributed by atoms with van der Waals surface area (Å²) in [4.78, 5) is 0. The fourth-order valence-electron chi connectivity index (χ4n) is 3.37. The summed E-state index contributed by atoms with van der Waals surface area (Å²) >= 11 is 0. The lowest BCUT2D eigenvalue weighted by molar-refractivity contribution is 0.0313. The van der Waals surface area contributed by atoms with Crippen LogP contribution in [0.5, 0.6) is 0 Å². The van der Waals surface area contributed by atoms with Gasteiger partial charge in [-0.05, 0) is 25.2 Å². The maximum atomic E-state index is 12.8. The molecule has 2 fully saturated rings. The molecule has 0 amide bonds. The minimum atomic E-state index is -4.43. The summed E-state index contributed by atoms with van der Waals surface area (Å²) in [5.41, 5.74) is -0.0726. The van der Waals surface area contributed by atoms with Gasteiger partial charge in [-0.15, -0.1) is 3.89 Å². The van der Waals surface area contributed by atoms with Crippen LogP contribution in [0.4, 0.5) is 3.89 Å². The fraction of sp³-hybridized carbons (Fsp3) is 1.00. The molecule has 0 N–H and O–H groups in total. The maximum absolute atomic E-state index is 12.8. The third-order valence-corrected chi connectivity index (χ3v) is 4.78. The van der Waals surface area contributed by atoms with Gasteiger partial charge >= 0.3 is 10.2 Å². The highest BCUT2D eigenvalue weighted by atomic mass is 32.3. The second-order valence-corrected chi connectivity index (χ2v) is 6.79. The van der Waals surface area contributed by atoms with Crippen LogP contribution in [0.1, 0.15) is 39.0 Å². The summed E-state index contributed by atoms with van der Waals surface area (Å²) in [6, 6.07) is 0. The average Bonchev–Trinajstić information content (AvgIpc) is 2.46. The Kier molecular flexibility index (Phi) is 3.27. The predicted molar refractivity (Wildman–Crippen MR) is 59.3 cm³/mol. The van der Waals surface area contributed by atoms with Crippen LogP contribution in [-0.4, -0.2) is 26.9 Å². The van der Waals surface area contributed by atoms with Crippen molar-refractivity contribution in [2.45, 2.75) is 45.1 Å². The Morgan fingerprint density at radius 2 is 2.19 bits per heavy atom. The Balaban J connectivity index is 2.12. The van der Waals surface area contributed by atoms with Gasteiger partial charge < -0.3 is 4.74 Å². The molecule has 1 heterocycles. The van der Waals surface area contributed by atoms with E-state index in [1.165, 1.54) is 6.42 Å². The van der Waals surface area contributed by atoms with Gasteiger partial charge in [0.15, 0.2) is 0 Å². The van der Waals surface area contributed by atoms with Crippen LogP contribution < -0.4 is 0 Å². The first kappa shape index (κ1) is 12.3. The van der Waals surface area contributed by atoms with Crippen LogP contribution in [-0.2, 0) is 15.0 Å². The SMILES string of the molecule is CC1CCCC2(CCOC2CS(=O)(=O)F)C1. The van der Waals surface area contributed by atoms with Crippen molar-refractivity contribution in [3.63, 3.8) is 0 Å². The van der Waals surface area contributed by atoms with Gasteiger partial charge in [0, 0.05) is 12.0 Å². The van der Waals surface area contributed by atoms with E-state index in [2.05, 4.69) is 6.92 Å². The van der Waals surface area contributed by atoms with Crippen molar-refractivity contribution < 1.29 is 17.0 Å². The lowest BCUT2D eigenvalue weighted by Gasteiger charge is -2.39. The number of hydrogen-bond donors (Lipinski definition) is 0. The zero-order valence-electron chi connectivity index (χ0n) is 9.62. The van der Waals surface area contributed by atoms with Gasteiger partial charge in [0.05, 0.1) is 6.10 Å². The van der Waals surface area contributed by atoms with Gasteiger partial charge in [0.25, 0.3) is 0 Å². The molecule has 0 aromatic carbocycles. The lowest BCUT2D eigenvalue weighted by atomic mass is 9.66. The van der Waals surface area contributed by atoms with E-state index in [1.807, 2.05) is 0 Å². The van der Waals surface area contributed by atoms with Crippen LogP contribution in [0.3, 0.4) is 0 Å². The third kappa shape index (κ3) is 2.56. The second kappa shape index (κ2) is 4.26. The average molecular weight is 250 g/mol. The van der Waals surface area contributed by atoms with Gasteiger partial charge in [0.1, 0.15) is 5.75 Å². The largest absolute Gasteiger partial charge is 0.376 e. The zero-order chi connectivity index (χ0) is 11.8. The topological polar surface area (TPSA) is 43.4 Å². The Morgan fingerprint density at radius 1 is 1.44 bits per heavy atom. The molecule has 16 heavy (non-hydrogen) atoms. The van der Waals surface area contributed by atoms with Gasteiger partial charge in [-0.1, -0.05) is 19.8 Å². The zero-order valence-corrected chi connectivity index (χ0v) is 10.4. The van der Waals surface area contributed by atoms with Crippen molar-refractivity contribution in [3.05, 3.63) is 0 Å². The molecule has 1 saturated carbocycles. The summed E-state index contributed by atoms with van der Waals surface area (Å²) in [6.07, 6.45) is 4.72. The predicted octanol–water partition coefficient (Wildman–Crippen LogP) is 2.27. The minimum Gasteiger partial charge on any atom is -0.376 e. The molecule has 3 atom stereocenters. The first-order valence-electron chi connectivity index (χ1n) is 5.95. The normalized spacial score (nSPS) is 40.4. The molecule has 0 bridgehead atoms. The van der Waals surface area contributed by atoms with E-state index in [-0.39, 0.29) is 5.41 Å². The maximum Gasteiger partial charge on any atom is 0.304 e. The molecule has 1 aliphatic carbocycles. The fourth-order valence-corrected chi connectivity index (χ4v) is 4.18. The number of ether oxygens (including phenoxy) is 1. The number of halogens is 1. The molecule has 0 aromatic heterocycles. The molecule has 5 heteroatoms. The minimum absolute atomic E-state index is 0.0726. The Morgan fingerprint density at radius 3 is 2.81 bits per heavy atom. The van der Waals surface area contributed by atoms with Crippen molar-refractivity contribution in [2.24, 2.45) is 11.3 Å². The number of hydrogen-bond acceptors (Lipinski definition) is 3. The summed E-state index contributed by atoms with van der Waals surface area (Å²) in [7, 11) is -4.43. The van der Waals surface area contributed by atoms with E-state index in [4.69, 9.17) is 4.74 Å². The van der Waals surface area contributed by atoms with E-state index >= 15 is 0 Å². The van der Waals surface area contributed by atoms with Gasteiger partial charge in [-0.3, -0.25) is 0 Å². The van der Waals surface area contributed by atoms with Crippen LogP contribution in [0.2, 0.25) is 0 Å². The quantitative estimate of drug-likeness (QED) is 0.706. The van der Waals surface area contributed by atoms with Crippen LogP contribution >= 0.6 is 0 Å². The second-order valence-electron chi connectivity index (χ2n) is 5.38. The molecular formula is C11H19FO3S. The van der Waals surface area contributed by atoms with Crippen molar-refractivity contribution in [2.75, 3.05) is 12.4 Å². The summed E-state index contributed by atoms with van der Waals surface area (Å²) in [6.45, 7) is 2.76. The van der Waals surface area contributed by atoms with E-state index in [9.17, 15) is 12.3 Å². The van der Waals surface area contributed by atoms with Crippen molar-refractivity contribution in [3.8, 4) is 0 Å². The molecule has 2 rings (SSSR count). The van der Waals surface area contributed by atoms with Gasteiger partial charge in [0.2, 0.25) is 0 Å². The van der Waals surface area contributed by atoms with Gasteiger partial charge in [-0.25, -0.2) is 0 Å². The monoisotopic (exact) mass is 250 g/mol. The standard InChI is InChI=1S/C11H19FO3S/c1-9-3-2-4-11(7-9)5-6-15-10(11)8-16(12,13)14/h9-10H,2-8H2,1H3. The van der Waals surface area contributed by atoms with Crippen LogP contribution in [0.25, 0.3) is 0 Å². The first-order valence-corrected chi connectivity index (χ1v) is 7.50. The highest BCUT2D eigenvalue weighted by Crippen LogP contribution is 2.49. The molecular weight excluding hydrogens is 231 g/mol. The number of rotatable bonds is 2. The summed E-state index contributed by atoms with van der Waals surface area (Å²) in [5.74, 6) is 0.139. The summed E-state index contributed by atoms with van der Waals surface area (Å²) in [5, 5.41) is 0. The Labute approximate surface area is 96.6 Å². The lowest BCUT2D eigenvalue weighted by Crippen LogP contribution is -2.39. The molecule has 3 nitrogen and oxygen atoms in total. The van der Waals surface area contributed by atoms with Crippen LogP contribution in [0, 0.1) is 11.3 Å². The molecule has 94 valence electrons. The molecule has 3 unspecified atom stereocenters. The molecule has 1 spiro atoms. The molecule has 1 saturated heterocycles. The van der Waals surface area contributed by atoms with E-state index in [0.717, 1.165) is 25.7 Å². The highest BCUT2D eigenvalue weighted by Gasteiger charge is 2.47. The van der Waals surface area contributed by atoms with E-state index < -0.39 is 22.1 Å². The Bertz CT molecular complexity index is 354. The highest BCUT2D eigenvalue weighted by molar-refractivity contribution is 7.86. The molecule has 0 radical (unpaired) electrons. The van der Waals surface area contributed by atoms with Crippen molar-refractivity contribution in [1.29, 1.82) is 0 Å². The smallest absolute Gasteiger partial charge is 0.304 e. The molecule has 2 aliphatic rings. The van der Waals surface area contributed by atoms with E-state index in [0.29, 0.717) is 12.5 Å². The molecule has 0 aromatic rings. The first-order chi connectivity index (χ1) is 7.41. The van der Waals surface area contributed by atoms with Crippen molar-refractivity contribution in [1.82, 2.24) is 0 Å². The third-order valence-electron chi connectivity index (χ3n) is 4.08.